The Morgan fingerprint density at radius 1 is 1.28 bits per heavy atom. The summed E-state index contributed by atoms with van der Waals surface area (Å²) in [4.78, 5) is 19.8. The predicted molar refractivity (Wildman–Crippen MR) is 115 cm³/mol. The first-order chi connectivity index (χ1) is 13.6. The van der Waals surface area contributed by atoms with Gasteiger partial charge in [0.1, 0.15) is 11.5 Å². The molecular formula is C22H28ClN3O3. The molecule has 29 heavy (non-hydrogen) atoms. The molecule has 0 saturated heterocycles. The Kier molecular flexibility index (Phi) is 6.05. The molecule has 1 amide bonds. The van der Waals surface area contributed by atoms with Crippen LogP contribution < -0.4 is 14.8 Å². The highest BCUT2D eigenvalue weighted by molar-refractivity contribution is 6.32. The van der Waals surface area contributed by atoms with Crippen molar-refractivity contribution < 1.29 is 14.3 Å². The Hall–Kier alpha value is -2.31. The Labute approximate surface area is 177 Å². The largest absolute Gasteiger partial charge is 0.496 e. The van der Waals surface area contributed by atoms with Crippen LogP contribution in [0.5, 0.6) is 11.5 Å². The summed E-state index contributed by atoms with van der Waals surface area (Å²) in [7, 11) is 3.60. The molecule has 0 saturated carbocycles. The molecule has 3 rings (SSSR count). The maximum absolute atomic E-state index is 12.9. The van der Waals surface area contributed by atoms with Gasteiger partial charge in [0.2, 0.25) is 0 Å². The molecule has 2 aromatic rings. The molecule has 0 bridgehead atoms. The van der Waals surface area contributed by atoms with Gasteiger partial charge in [0.25, 0.3) is 5.91 Å². The lowest BCUT2D eigenvalue weighted by atomic mass is 9.82. The Balaban J connectivity index is 1.87. The first-order valence-electron chi connectivity index (χ1n) is 9.64. The van der Waals surface area contributed by atoms with Gasteiger partial charge in [0.05, 0.1) is 41.4 Å². The van der Waals surface area contributed by atoms with Crippen molar-refractivity contribution in [3.05, 3.63) is 46.2 Å². The number of anilines is 1. The molecule has 7 heteroatoms. The van der Waals surface area contributed by atoms with Gasteiger partial charge >= 0.3 is 0 Å². The topological polar surface area (TPSA) is 63.7 Å². The molecule has 1 N–H and O–H groups in total. The molecular weight excluding hydrogens is 390 g/mol. The number of hydrogen-bond acceptors (Lipinski definition) is 5. The van der Waals surface area contributed by atoms with Gasteiger partial charge in [-0.3, -0.25) is 9.78 Å². The number of fused-ring (bicyclic) bond motifs is 1. The fraction of sp³-hybridized carbons (Fsp3) is 0.455. The number of halogens is 1. The fourth-order valence-corrected chi connectivity index (χ4v) is 4.04. The van der Waals surface area contributed by atoms with Gasteiger partial charge in [-0.15, -0.1) is 0 Å². The van der Waals surface area contributed by atoms with Crippen LogP contribution in [0, 0.1) is 0 Å². The van der Waals surface area contributed by atoms with Crippen LogP contribution in [0.25, 0.3) is 0 Å². The SMILES string of the molecule is COc1cc(OC(C)C)c(Cl)cc1C(=O)Nc1cnc2c(c1)CN(C)CC2(C)C. The van der Waals surface area contributed by atoms with Crippen LogP contribution in [0.3, 0.4) is 0 Å². The number of methoxy groups -OCH3 is 1. The molecule has 1 aliphatic rings. The molecule has 2 heterocycles. The van der Waals surface area contributed by atoms with Crippen molar-refractivity contribution in [1.82, 2.24) is 9.88 Å². The summed E-state index contributed by atoms with van der Waals surface area (Å²) in [6.07, 6.45) is 1.66. The van der Waals surface area contributed by atoms with Gasteiger partial charge in [0, 0.05) is 24.6 Å². The second kappa shape index (κ2) is 8.20. The van der Waals surface area contributed by atoms with E-state index in [1.165, 1.54) is 7.11 Å². The Morgan fingerprint density at radius 3 is 2.66 bits per heavy atom. The van der Waals surface area contributed by atoms with E-state index in [-0.39, 0.29) is 17.4 Å². The molecule has 156 valence electrons. The number of rotatable bonds is 5. The summed E-state index contributed by atoms with van der Waals surface area (Å²) < 4.78 is 11.1. The molecule has 0 atom stereocenters. The number of carbonyl (C=O) groups is 1. The van der Waals surface area contributed by atoms with Crippen molar-refractivity contribution >= 4 is 23.2 Å². The molecule has 0 radical (unpaired) electrons. The summed E-state index contributed by atoms with van der Waals surface area (Å²) in [6.45, 7) is 9.92. The molecule has 1 aliphatic heterocycles. The van der Waals surface area contributed by atoms with Crippen molar-refractivity contribution in [3.8, 4) is 11.5 Å². The monoisotopic (exact) mass is 417 g/mol. The molecule has 1 aromatic carbocycles. The average molecular weight is 418 g/mol. The quantitative estimate of drug-likeness (QED) is 0.775. The highest BCUT2D eigenvalue weighted by atomic mass is 35.5. The van der Waals surface area contributed by atoms with Gasteiger partial charge in [-0.1, -0.05) is 25.4 Å². The van der Waals surface area contributed by atoms with Gasteiger partial charge in [0.15, 0.2) is 0 Å². The zero-order valence-corrected chi connectivity index (χ0v) is 18.6. The van der Waals surface area contributed by atoms with Crippen LogP contribution in [0.15, 0.2) is 24.4 Å². The number of aromatic nitrogens is 1. The lowest BCUT2D eigenvalue weighted by Gasteiger charge is -2.37. The zero-order chi connectivity index (χ0) is 21.3. The maximum Gasteiger partial charge on any atom is 0.259 e. The first kappa shape index (κ1) is 21.4. The smallest absolute Gasteiger partial charge is 0.259 e. The number of nitrogens with zero attached hydrogens (tertiary/aromatic N) is 2. The molecule has 0 unspecified atom stereocenters. The van der Waals surface area contributed by atoms with Crippen LogP contribution in [0.1, 0.15) is 49.3 Å². The van der Waals surface area contributed by atoms with Crippen molar-refractivity contribution in [2.45, 2.75) is 45.8 Å². The lowest BCUT2D eigenvalue weighted by molar-refractivity contribution is 0.102. The number of hydrogen-bond donors (Lipinski definition) is 1. The van der Waals surface area contributed by atoms with E-state index in [9.17, 15) is 4.79 Å². The maximum atomic E-state index is 12.9. The van der Waals surface area contributed by atoms with E-state index >= 15 is 0 Å². The van der Waals surface area contributed by atoms with E-state index in [1.54, 1.807) is 18.3 Å². The number of ether oxygens (including phenoxy) is 2. The van der Waals surface area contributed by atoms with Gasteiger partial charge in [-0.2, -0.15) is 0 Å². The highest BCUT2D eigenvalue weighted by Gasteiger charge is 2.31. The van der Waals surface area contributed by atoms with Crippen molar-refractivity contribution in [3.63, 3.8) is 0 Å². The summed E-state index contributed by atoms with van der Waals surface area (Å²) in [6, 6.07) is 5.19. The number of benzene rings is 1. The summed E-state index contributed by atoms with van der Waals surface area (Å²) in [5, 5.41) is 3.27. The predicted octanol–water partition coefficient (Wildman–Crippen LogP) is 4.51. The first-order valence-corrected chi connectivity index (χ1v) is 10.0. The van der Waals surface area contributed by atoms with Crippen LogP contribution in [0.4, 0.5) is 5.69 Å². The second-order valence-corrected chi connectivity index (χ2v) is 8.80. The minimum atomic E-state index is -0.315. The second-order valence-electron chi connectivity index (χ2n) is 8.39. The zero-order valence-electron chi connectivity index (χ0n) is 17.8. The van der Waals surface area contributed by atoms with Crippen LogP contribution in [-0.2, 0) is 12.0 Å². The third-order valence-electron chi connectivity index (χ3n) is 4.83. The highest BCUT2D eigenvalue weighted by Crippen LogP contribution is 2.35. The van der Waals surface area contributed by atoms with E-state index in [1.807, 2.05) is 19.9 Å². The van der Waals surface area contributed by atoms with Crippen LogP contribution in [0.2, 0.25) is 5.02 Å². The Morgan fingerprint density at radius 2 is 2.00 bits per heavy atom. The van der Waals surface area contributed by atoms with Crippen molar-refractivity contribution in [2.75, 3.05) is 26.0 Å². The lowest BCUT2D eigenvalue weighted by Crippen LogP contribution is -2.40. The van der Waals surface area contributed by atoms with Crippen molar-refractivity contribution in [1.29, 1.82) is 0 Å². The minimum absolute atomic E-state index is 0.0339. The molecule has 0 fully saturated rings. The normalized spacial score (nSPS) is 15.7. The fourth-order valence-electron chi connectivity index (χ4n) is 3.83. The summed E-state index contributed by atoms with van der Waals surface area (Å²) >= 11 is 6.31. The molecule has 1 aromatic heterocycles. The van der Waals surface area contributed by atoms with Crippen LogP contribution in [-0.4, -0.2) is 42.6 Å². The molecule has 0 spiro atoms. The van der Waals surface area contributed by atoms with Gasteiger partial charge in [-0.25, -0.2) is 0 Å². The number of pyridine rings is 1. The van der Waals surface area contributed by atoms with E-state index in [4.69, 9.17) is 21.1 Å². The van der Waals surface area contributed by atoms with Gasteiger partial charge < -0.3 is 19.7 Å². The van der Waals surface area contributed by atoms with Gasteiger partial charge in [-0.05, 0) is 38.6 Å². The Bertz CT molecular complexity index is 928. The van der Waals surface area contributed by atoms with E-state index < -0.39 is 0 Å². The van der Waals surface area contributed by atoms with Crippen molar-refractivity contribution in [2.24, 2.45) is 0 Å². The third kappa shape index (κ3) is 4.65. The van der Waals surface area contributed by atoms with E-state index in [0.717, 1.165) is 24.3 Å². The molecule has 6 nitrogen and oxygen atoms in total. The summed E-state index contributed by atoms with van der Waals surface area (Å²) in [5.74, 6) is 0.565. The minimum Gasteiger partial charge on any atom is -0.496 e. The van der Waals surface area contributed by atoms with Crippen LogP contribution >= 0.6 is 11.6 Å². The number of likely N-dealkylation sites (N-methyl/N-ethyl adjacent to an activating group) is 1. The summed E-state index contributed by atoms with van der Waals surface area (Å²) in [5.41, 5.74) is 3.13. The molecule has 0 aliphatic carbocycles. The number of amides is 1. The average Bonchev–Trinajstić information content (AvgIpc) is 2.61. The standard InChI is InChI=1S/C22H28ClN3O3/c1-13(2)29-19-9-18(28-6)16(8-17(19)23)21(27)25-15-7-14-11-26(5)12-22(3,4)20(14)24-10-15/h7-10,13H,11-12H2,1-6H3,(H,25,27). The third-order valence-corrected chi connectivity index (χ3v) is 5.13. The number of carbonyl (C=O) groups excluding carboxylic acids is 1. The number of nitrogens with one attached hydrogen (secondary N) is 1. The van der Waals surface area contributed by atoms with E-state index in [0.29, 0.717) is 27.8 Å². The van der Waals surface area contributed by atoms with E-state index in [2.05, 4.69) is 36.1 Å².